The van der Waals surface area contributed by atoms with Crippen molar-refractivity contribution >= 4 is 10.0 Å². The van der Waals surface area contributed by atoms with Gasteiger partial charge in [-0.1, -0.05) is 25.1 Å². The van der Waals surface area contributed by atoms with Gasteiger partial charge in [-0.2, -0.15) is 4.31 Å². The van der Waals surface area contributed by atoms with Crippen LogP contribution in [0.2, 0.25) is 0 Å². The number of nitrogens with zero attached hydrogens (tertiary/aromatic N) is 4. The first-order chi connectivity index (χ1) is 11.1. The minimum Gasteiger partial charge on any atom is -0.313 e. The molecule has 23 heavy (non-hydrogen) atoms. The van der Waals surface area contributed by atoms with E-state index in [1.807, 2.05) is 6.07 Å². The lowest BCUT2D eigenvalue weighted by Gasteiger charge is -2.27. The number of fused-ring (bicyclic) bond motifs is 3. The quantitative estimate of drug-likeness (QED) is 0.856. The van der Waals surface area contributed by atoms with Crippen LogP contribution in [0.4, 0.5) is 0 Å². The van der Waals surface area contributed by atoms with E-state index in [1.54, 1.807) is 28.6 Å². The Kier molecular flexibility index (Phi) is 3.50. The van der Waals surface area contributed by atoms with Crippen LogP contribution in [0.5, 0.6) is 0 Å². The molecule has 4 rings (SSSR count). The van der Waals surface area contributed by atoms with Crippen LogP contribution < -0.4 is 0 Å². The lowest BCUT2D eigenvalue weighted by atomic mass is 10.1. The Labute approximate surface area is 136 Å². The van der Waals surface area contributed by atoms with Gasteiger partial charge >= 0.3 is 0 Å². The minimum absolute atomic E-state index is 0.00671. The van der Waals surface area contributed by atoms with Crippen molar-refractivity contribution in [3.05, 3.63) is 42.0 Å². The van der Waals surface area contributed by atoms with E-state index in [1.165, 1.54) is 0 Å². The molecule has 0 saturated carbocycles. The van der Waals surface area contributed by atoms with Gasteiger partial charge in [0.1, 0.15) is 11.6 Å². The van der Waals surface area contributed by atoms with Crippen LogP contribution in [0, 0.1) is 0 Å². The third-order valence-electron chi connectivity index (χ3n) is 4.90. The second-order valence-electron chi connectivity index (χ2n) is 6.23. The van der Waals surface area contributed by atoms with E-state index in [0.717, 1.165) is 30.9 Å². The van der Waals surface area contributed by atoms with Crippen molar-refractivity contribution in [1.29, 1.82) is 0 Å². The normalized spacial score (nSPS) is 24.4. The van der Waals surface area contributed by atoms with Gasteiger partial charge in [0.2, 0.25) is 10.0 Å². The van der Waals surface area contributed by atoms with E-state index in [9.17, 15) is 8.42 Å². The van der Waals surface area contributed by atoms with E-state index >= 15 is 0 Å². The van der Waals surface area contributed by atoms with Crippen LogP contribution in [-0.2, 0) is 29.4 Å². The Bertz CT molecular complexity index is 816. The van der Waals surface area contributed by atoms with Crippen molar-refractivity contribution in [2.75, 3.05) is 0 Å². The highest BCUT2D eigenvalue weighted by Gasteiger charge is 2.45. The number of hydrogen-bond donors (Lipinski definition) is 0. The monoisotopic (exact) mass is 332 g/mol. The molecule has 0 spiro atoms. The molecule has 2 bridgehead atoms. The van der Waals surface area contributed by atoms with Gasteiger partial charge in [-0.05, 0) is 25.0 Å². The van der Waals surface area contributed by atoms with Gasteiger partial charge in [-0.15, -0.1) is 10.2 Å². The molecule has 7 heteroatoms. The number of sulfonamides is 1. The van der Waals surface area contributed by atoms with Crippen LogP contribution in [0.25, 0.3) is 0 Å². The summed E-state index contributed by atoms with van der Waals surface area (Å²) in [5.74, 6) is 1.87. The molecule has 1 saturated heterocycles. The molecule has 0 aliphatic carbocycles. The summed E-state index contributed by atoms with van der Waals surface area (Å²) in [5.41, 5.74) is 0. The Morgan fingerprint density at radius 2 is 1.87 bits per heavy atom. The van der Waals surface area contributed by atoms with Gasteiger partial charge < -0.3 is 4.57 Å². The summed E-state index contributed by atoms with van der Waals surface area (Å²) < 4.78 is 30.1. The second-order valence-corrected chi connectivity index (χ2v) is 8.08. The molecule has 2 atom stereocenters. The summed E-state index contributed by atoms with van der Waals surface area (Å²) in [6.07, 6.45) is 3.26. The molecule has 1 fully saturated rings. The first-order valence-corrected chi connectivity index (χ1v) is 9.55. The highest BCUT2D eigenvalue weighted by atomic mass is 32.2. The van der Waals surface area contributed by atoms with Crippen LogP contribution in [0.15, 0.2) is 35.2 Å². The molecule has 2 aromatic rings. The maximum absolute atomic E-state index is 13.1. The van der Waals surface area contributed by atoms with Gasteiger partial charge in [0.15, 0.2) is 0 Å². The molecule has 1 aromatic carbocycles. The summed E-state index contributed by atoms with van der Waals surface area (Å²) in [5, 5.41) is 8.53. The molecule has 2 aliphatic rings. The molecule has 0 radical (unpaired) electrons. The van der Waals surface area contributed by atoms with Crippen molar-refractivity contribution < 1.29 is 8.42 Å². The Morgan fingerprint density at radius 3 is 2.61 bits per heavy atom. The highest BCUT2D eigenvalue weighted by molar-refractivity contribution is 7.89. The number of aryl methyl sites for hydroxylation is 1. The summed E-state index contributed by atoms with van der Waals surface area (Å²) in [6, 6.07) is 8.72. The standard InChI is InChI=1S/C16H20N4O2S/c1-2-15-17-18-16-10-12-8-9-13(11-19(15)16)20(12)23(21,22)14-6-4-3-5-7-14/h3-7,12-13H,2,8-11H2,1H3. The van der Waals surface area contributed by atoms with Crippen LogP contribution >= 0.6 is 0 Å². The lowest BCUT2D eigenvalue weighted by molar-refractivity contribution is 0.314. The second kappa shape index (κ2) is 5.42. The first-order valence-electron chi connectivity index (χ1n) is 8.10. The van der Waals surface area contributed by atoms with Crippen molar-refractivity contribution in [3.63, 3.8) is 0 Å². The maximum Gasteiger partial charge on any atom is 0.243 e. The third kappa shape index (κ3) is 2.30. The van der Waals surface area contributed by atoms with E-state index in [4.69, 9.17) is 0 Å². The Morgan fingerprint density at radius 1 is 1.13 bits per heavy atom. The molecule has 122 valence electrons. The number of hydrogen-bond acceptors (Lipinski definition) is 4. The zero-order valence-corrected chi connectivity index (χ0v) is 13.9. The number of aromatic nitrogens is 3. The fourth-order valence-electron chi connectivity index (χ4n) is 3.83. The fourth-order valence-corrected chi connectivity index (χ4v) is 5.71. The predicted molar refractivity (Wildman–Crippen MR) is 85.4 cm³/mol. The molecule has 3 heterocycles. The summed E-state index contributed by atoms with van der Waals surface area (Å²) >= 11 is 0. The van der Waals surface area contributed by atoms with Gasteiger partial charge in [-0.25, -0.2) is 8.42 Å². The molecule has 2 aliphatic heterocycles. The van der Waals surface area contributed by atoms with E-state index in [0.29, 0.717) is 17.9 Å². The first kappa shape index (κ1) is 14.8. The zero-order valence-electron chi connectivity index (χ0n) is 13.1. The smallest absolute Gasteiger partial charge is 0.243 e. The fraction of sp³-hybridized carbons (Fsp3) is 0.500. The van der Waals surface area contributed by atoms with Gasteiger partial charge in [0.05, 0.1) is 4.90 Å². The molecule has 6 nitrogen and oxygen atoms in total. The van der Waals surface area contributed by atoms with E-state index in [-0.39, 0.29) is 12.1 Å². The van der Waals surface area contributed by atoms with Crippen LogP contribution in [0.3, 0.4) is 0 Å². The highest BCUT2D eigenvalue weighted by Crippen LogP contribution is 2.36. The average molecular weight is 332 g/mol. The van der Waals surface area contributed by atoms with Gasteiger partial charge in [0.25, 0.3) is 0 Å². The van der Waals surface area contributed by atoms with Crippen molar-refractivity contribution in [2.24, 2.45) is 0 Å². The van der Waals surface area contributed by atoms with Crippen molar-refractivity contribution in [2.45, 2.75) is 56.1 Å². The topological polar surface area (TPSA) is 68.1 Å². The number of benzene rings is 1. The molecule has 0 amide bonds. The summed E-state index contributed by atoms with van der Waals surface area (Å²) in [4.78, 5) is 0.380. The van der Waals surface area contributed by atoms with Gasteiger partial charge in [0, 0.05) is 31.5 Å². The SMILES string of the molecule is CCc1nnc2n1CC1CCC(C2)N1S(=O)(=O)c1ccccc1. The van der Waals surface area contributed by atoms with Crippen molar-refractivity contribution in [3.8, 4) is 0 Å². The van der Waals surface area contributed by atoms with Gasteiger partial charge in [-0.3, -0.25) is 0 Å². The molecular weight excluding hydrogens is 312 g/mol. The number of rotatable bonds is 3. The Hall–Kier alpha value is -1.73. The van der Waals surface area contributed by atoms with Crippen molar-refractivity contribution in [1.82, 2.24) is 19.1 Å². The molecule has 2 unspecified atom stereocenters. The van der Waals surface area contributed by atoms with E-state index in [2.05, 4.69) is 21.7 Å². The largest absolute Gasteiger partial charge is 0.313 e. The Balaban J connectivity index is 1.74. The maximum atomic E-state index is 13.1. The molecule has 1 aromatic heterocycles. The average Bonchev–Trinajstić information content (AvgIpc) is 3.08. The third-order valence-corrected chi connectivity index (χ3v) is 6.92. The van der Waals surface area contributed by atoms with Crippen LogP contribution in [-0.4, -0.2) is 39.6 Å². The lowest BCUT2D eigenvalue weighted by Crippen LogP contribution is -2.42. The molecular formula is C16H20N4O2S. The van der Waals surface area contributed by atoms with Crippen LogP contribution in [0.1, 0.15) is 31.4 Å². The summed E-state index contributed by atoms with van der Waals surface area (Å²) in [6.45, 7) is 2.72. The zero-order chi connectivity index (χ0) is 16.0. The van der Waals surface area contributed by atoms with E-state index < -0.39 is 10.0 Å². The predicted octanol–water partition coefficient (Wildman–Crippen LogP) is 1.62. The molecule has 0 N–H and O–H groups in total. The minimum atomic E-state index is -3.46. The summed E-state index contributed by atoms with van der Waals surface area (Å²) in [7, 11) is -3.46.